The Labute approximate surface area is 111 Å². The van der Waals surface area contributed by atoms with Crippen LogP contribution in [-0.2, 0) is 4.74 Å². The summed E-state index contributed by atoms with van der Waals surface area (Å²) >= 11 is 7.56. The van der Waals surface area contributed by atoms with Gasteiger partial charge in [-0.2, -0.15) is 0 Å². The summed E-state index contributed by atoms with van der Waals surface area (Å²) in [6.45, 7) is 1.65. The van der Waals surface area contributed by atoms with Gasteiger partial charge in [-0.15, -0.1) is 11.8 Å². The van der Waals surface area contributed by atoms with E-state index in [1.165, 1.54) is 0 Å². The van der Waals surface area contributed by atoms with Gasteiger partial charge in [-0.1, -0.05) is 17.7 Å². The predicted octanol–water partition coefficient (Wildman–Crippen LogP) is 3.22. The molecule has 2 nitrogen and oxygen atoms in total. The molecule has 0 amide bonds. The molecule has 94 valence electrons. The van der Waals surface area contributed by atoms with Crippen LogP contribution in [0, 0.1) is 5.92 Å². The molecule has 0 radical (unpaired) electrons. The van der Waals surface area contributed by atoms with E-state index in [-0.39, 0.29) is 6.10 Å². The molecule has 1 heterocycles. The molecular weight excluding hydrogens is 256 g/mol. The number of aliphatic hydroxyl groups is 1. The van der Waals surface area contributed by atoms with Crippen LogP contribution in [0.2, 0.25) is 5.02 Å². The minimum atomic E-state index is -0.259. The molecule has 17 heavy (non-hydrogen) atoms. The zero-order chi connectivity index (χ0) is 12.1. The highest BCUT2D eigenvalue weighted by atomic mass is 35.5. The number of benzene rings is 1. The molecule has 1 aromatic rings. The highest BCUT2D eigenvalue weighted by Gasteiger charge is 2.19. The summed E-state index contributed by atoms with van der Waals surface area (Å²) in [6, 6.07) is 7.74. The van der Waals surface area contributed by atoms with Crippen LogP contribution < -0.4 is 0 Å². The van der Waals surface area contributed by atoms with Crippen LogP contribution in [0.5, 0.6) is 0 Å². The van der Waals surface area contributed by atoms with Gasteiger partial charge in [-0.05, 0) is 37.0 Å². The van der Waals surface area contributed by atoms with Gasteiger partial charge in [-0.25, -0.2) is 0 Å². The van der Waals surface area contributed by atoms with E-state index >= 15 is 0 Å². The van der Waals surface area contributed by atoms with E-state index in [0.29, 0.717) is 5.92 Å². The summed E-state index contributed by atoms with van der Waals surface area (Å²) in [5.41, 5.74) is 0. The smallest absolute Gasteiger partial charge is 0.0637 e. The van der Waals surface area contributed by atoms with Gasteiger partial charge in [0.25, 0.3) is 0 Å². The lowest BCUT2D eigenvalue weighted by Gasteiger charge is -2.13. The fourth-order valence-corrected chi connectivity index (χ4v) is 3.13. The molecule has 2 unspecified atom stereocenters. The molecule has 2 atom stereocenters. The van der Waals surface area contributed by atoms with E-state index in [4.69, 9.17) is 16.3 Å². The summed E-state index contributed by atoms with van der Waals surface area (Å²) < 4.78 is 5.30. The first kappa shape index (κ1) is 13.2. The van der Waals surface area contributed by atoms with Crippen molar-refractivity contribution in [1.29, 1.82) is 0 Å². The maximum atomic E-state index is 9.93. The second kappa shape index (κ2) is 6.64. The second-order valence-electron chi connectivity index (χ2n) is 4.39. The molecule has 2 rings (SSSR count). The minimum Gasteiger partial charge on any atom is -0.392 e. The molecule has 0 spiro atoms. The topological polar surface area (TPSA) is 29.5 Å². The average Bonchev–Trinajstić information content (AvgIpc) is 2.79. The van der Waals surface area contributed by atoms with Gasteiger partial charge in [0.2, 0.25) is 0 Å². The highest BCUT2D eigenvalue weighted by Crippen LogP contribution is 2.25. The average molecular weight is 273 g/mol. The summed E-state index contributed by atoms with van der Waals surface area (Å²) in [7, 11) is 0. The third-order valence-electron chi connectivity index (χ3n) is 2.87. The molecule has 4 heteroatoms. The summed E-state index contributed by atoms with van der Waals surface area (Å²) in [4.78, 5) is 1.11. The van der Waals surface area contributed by atoms with Gasteiger partial charge in [0.15, 0.2) is 0 Å². The maximum Gasteiger partial charge on any atom is 0.0637 e. The van der Waals surface area contributed by atoms with Gasteiger partial charge >= 0.3 is 0 Å². The van der Waals surface area contributed by atoms with Crippen molar-refractivity contribution in [3.8, 4) is 0 Å². The number of ether oxygens (including phenoxy) is 1. The van der Waals surface area contributed by atoms with Gasteiger partial charge in [0, 0.05) is 28.9 Å². The third kappa shape index (κ3) is 4.51. The van der Waals surface area contributed by atoms with Crippen LogP contribution in [0.15, 0.2) is 29.2 Å². The first-order valence-corrected chi connectivity index (χ1v) is 7.24. The van der Waals surface area contributed by atoms with Crippen molar-refractivity contribution in [3.05, 3.63) is 29.3 Å². The van der Waals surface area contributed by atoms with Crippen molar-refractivity contribution in [2.75, 3.05) is 19.0 Å². The molecule has 1 aliphatic rings. The van der Waals surface area contributed by atoms with Crippen molar-refractivity contribution in [2.24, 2.45) is 5.92 Å². The predicted molar refractivity (Wildman–Crippen MR) is 71.7 cm³/mol. The van der Waals surface area contributed by atoms with E-state index < -0.39 is 0 Å². The Hall–Kier alpha value is -0.220. The Morgan fingerprint density at radius 2 is 2.41 bits per heavy atom. The molecule has 0 bridgehead atoms. The highest BCUT2D eigenvalue weighted by molar-refractivity contribution is 7.99. The van der Waals surface area contributed by atoms with Gasteiger partial charge in [0.05, 0.1) is 6.10 Å². The van der Waals surface area contributed by atoms with Crippen molar-refractivity contribution in [1.82, 2.24) is 0 Å². The monoisotopic (exact) mass is 272 g/mol. The summed E-state index contributed by atoms with van der Waals surface area (Å²) in [6.07, 6.45) is 1.66. The molecule has 0 aliphatic carbocycles. The summed E-state index contributed by atoms with van der Waals surface area (Å²) in [5, 5.41) is 10.7. The van der Waals surface area contributed by atoms with Crippen molar-refractivity contribution < 1.29 is 9.84 Å². The number of hydrogen-bond donors (Lipinski definition) is 1. The zero-order valence-electron chi connectivity index (χ0n) is 9.64. The van der Waals surface area contributed by atoms with E-state index in [1.807, 2.05) is 24.3 Å². The van der Waals surface area contributed by atoms with Crippen molar-refractivity contribution in [3.63, 3.8) is 0 Å². The number of hydrogen-bond acceptors (Lipinski definition) is 3. The lowest BCUT2D eigenvalue weighted by molar-refractivity contribution is 0.144. The van der Waals surface area contributed by atoms with E-state index in [0.717, 1.165) is 41.7 Å². The molecule has 1 saturated heterocycles. The first-order chi connectivity index (χ1) is 8.24. The fraction of sp³-hybridized carbons (Fsp3) is 0.538. The number of thioether (sulfide) groups is 1. The molecular formula is C13H17ClO2S. The second-order valence-corrected chi connectivity index (χ2v) is 5.92. The van der Waals surface area contributed by atoms with Crippen LogP contribution in [0.4, 0.5) is 0 Å². The van der Waals surface area contributed by atoms with Crippen LogP contribution in [-0.4, -0.2) is 30.2 Å². The number of rotatable bonds is 5. The SMILES string of the molecule is OC(CSc1cccc(Cl)c1)CC1CCOC1. The number of halogens is 1. The van der Waals surface area contributed by atoms with E-state index in [9.17, 15) is 5.11 Å². The molecule has 1 aromatic carbocycles. The fourth-order valence-electron chi connectivity index (χ4n) is 1.97. The van der Waals surface area contributed by atoms with Crippen LogP contribution in [0.3, 0.4) is 0 Å². The molecule has 1 N–H and O–H groups in total. The molecule has 0 aromatic heterocycles. The Kier molecular flexibility index (Phi) is 5.16. The van der Waals surface area contributed by atoms with Crippen LogP contribution in [0.25, 0.3) is 0 Å². The van der Waals surface area contributed by atoms with E-state index in [2.05, 4.69) is 0 Å². The largest absolute Gasteiger partial charge is 0.392 e. The Morgan fingerprint density at radius 1 is 1.53 bits per heavy atom. The molecule has 1 fully saturated rings. The van der Waals surface area contributed by atoms with Crippen LogP contribution in [0.1, 0.15) is 12.8 Å². The maximum absolute atomic E-state index is 9.93. The van der Waals surface area contributed by atoms with Crippen molar-refractivity contribution >= 4 is 23.4 Å². The van der Waals surface area contributed by atoms with Crippen molar-refractivity contribution in [2.45, 2.75) is 23.8 Å². The summed E-state index contributed by atoms with van der Waals surface area (Å²) in [5.74, 6) is 1.25. The van der Waals surface area contributed by atoms with Crippen LogP contribution >= 0.6 is 23.4 Å². The minimum absolute atomic E-state index is 0.259. The lowest BCUT2D eigenvalue weighted by atomic mass is 10.0. The first-order valence-electron chi connectivity index (χ1n) is 5.88. The van der Waals surface area contributed by atoms with E-state index in [1.54, 1.807) is 11.8 Å². The number of aliphatic hydroxyl groups excluding tert-OH is 1. The zero-order valence-corrected chi connectivity index (χ0v) is 11.2. The third-order valence-corrected chi connectivity index (χ3v) is 4.24. The Balaban J connectivity index is 1.73. The Bertz CT molecular complexity index is 353. The normalized spacial score (nSPS) is 21.6. The van der Waals surface area contributed by atoms with Gasteiger partial charge in [0.1, 0.15) is 0 Å². The van der Waals surface area contributed by atoms with Gasteiger partial charge < -0.3 is 9.84 Å². The molecule has 1 aliphatic heterocycles. The lowest BCUT2D eigenvalue weighted by Crippen LogP contribution is -2.16. The van der Waals surface area contributed by atoms with Gasteiger partial charge in [-0.3, -0.25) is 0 Å². The quantitative estimate of drug-likeness (QED) is 0.835. The Morgan fingerprint density at radius 3 is 3.12 bits per heavy atom. The molecule has 0 saturated carbocycles. The standard InChI is InChI=1S/C13H17ClO2S/c14-11-2-1-3-13(7-11)17-9-12(15)6-10-4-5-16-8-10/h1-3,7,10,12,15H,4-6,8-9H2.